The number of nitrogens with one attached hydrogen (secondary N) is 2. The van der Waals surface area contributed by atoms with Crippen LogP contribution in [-0.4, -0.2) is 43.3 Å². The van der Waals surface area contributed by atoms with Crippen molar-refractivity contribution >= 4 is 43.7 Å². The Labute approximate surface area is 185 Å². The number of ether oxygens (including phenoxy) is 1. The Morgan fingerprint density at radius 3 is 2.69 bits per heavy atom. The minimum absolute atomic E-state index is 0.184. The normalized spacial score (nSPS) is 18.1. The summed E-state index contributed by atoms with van der Waals surface area (Å²) in [7, 11) is -2.43. The molecule has 7 nitrogen and oxygen atoms in total. The molecule has 0 saturated heterocycles. The molecule has 170 valence electrons. The third-order valence-electron chi connectivity index (χ3n) is 5.24. The summed E-state index contributed by atoms with van der Waals surface area (Å²) in [6.45, 7) is 1.91. The van der Waals surface area contributed by atoms with Gasteiger partial charge in [-0.3, -0.25) is 0 Å². The topological polar surface area (TPSA) is 89.0 Å². The number of halogens is 2. The molecule has 32 heavy (non-hydrogen) atoms. The molecular weight excluding hydrogens is 436 g/mol. The zero-order chi connectivity index (χ0) is 22.9. The highest BCUT2D eigenvalue weighted by atomic mass is 32.2. The molecule has 1 unspecified atom stereocenters. The predicted octanol–water partition coefficient (Wildman–Crippen LogP) is 4.71. The molecule has 0 spiro atoms. The maximum Gasteiger partial charge on any atom is 0.248 e. The number of alkyl halides is 2. The number of pyridine rings is 1. The smallest absolute Gasteiger partial charge is 0.248 e. The summed E-state index contributed by atoms with van der Waals surface area (Å²) in [6, 6.07) is 7.20. The number of benzene rings is 1. The highest BCUT2D eigenvalue weighted by molar-refractivity contribution is 8.00. The quantitative estimate of drug-likeness (QED) is 0.517. The molecule has 1 aromatic carbocycles. The van der Waals surface area contributed by atoms with Crippen molar-refractivity contribution in [1.29, 1.82) is 0 Å². The Morgan fingerprint density at radius 2 is 1.97 bits per heavy atom. The fourth-order valence-electron chi connectivity index (χ4n) is 3.79. The Hall–Kier alpha value is -3.01. The minimum Gasteiger partial charge on any atom is -0.473 e. The monoisotopic (exact) mass is 461 g/mol. The zero-order valence-electron chi connectivity index (χ0n) is 17.9. The summed E-state index contributed by atoms with van der Waals surface area (Å²) in [5.41, 5.74) is 2.77. The molecule has 2 aromatic heterocycles. The molecule has 0 bridgehead atoms. The third kappa shape index (κ3) is 5.24. The molecule has 2 N–H and O–H groups in total. The average molecular weight is 462 g/mol. The number of nitrogens with zero attached hydrogens (tertiary/aromatic N) is 3. The zero-order valence-corrected chi connectivity index (χ0v) is 18.7. The van der Waals surface area contributed by atoms with Crippen LogP contribution in [0.5, 0.6) is 5.88 Å². The summed E-state index contributed by atoms with van der Waals surface area (Å²) >= 11 is 0. The molecule has 3 aromatic rings. The van der Waals surface area contributed by atoms with Crippen LogP contribution in [0.25, 0.3) is 10.9 Å². The largest absolute Gasteiger partial charge is 0.473 e. The van der Waals surface area contributed by atoms with E-state index in [-0.39, 0.29) is 31.8 Å². The number of rotatable bonds is 6. The second-order valence-electron chi connectivity index (χ2n) is 8.17. The van der Waals surface area contributed by atoms with Crippen molar-refractivity contribution in [2.45, 2.75) is 44.6 Å². The second kappa shape index (κ2) is 8.50. The molecule has 1 saturated carbocycles. The third-order valence-corrected chi connectivity index (χ3v) is 5.90. The van der Waals surface area contributed by atoms with E-state index >= 15 is 0 Å². The van der Waals surface area contributed by atoms with E-state index in [0.717, 1.165) is 10.9 Å². The van der Waals surface area contributed by atoms with E-state index < -0.39 is 15.6 Å². The van der Waals surface area contributed by atoms with Crippen LogP contribution in [0.3, 0.4) is 0 Å². The van der Waals surface area contributed by atoms with Crippen molar-refractivity contribution in [3.05, 3.63) is 42.4 Å². The molecule has 1 aliphatic rings. The van der Waals surface area contributed by atoms with E-state index in [2.05, 4.69) is 30.9 Å². The van der Waals surface area contributed by atoms with Crippen LogP contribution in [0.15, 0.2) is 36.8 Å². The number of aromatic nitrogens is 3. The van der Waals surface area contributed by atoms with Crippen LogP contribution in [0.2, 0.25) is 0 Å². The van der Waals surface area contributed by atoms with E-state index in [4.69, 9.17) is 4.74 Å². The lowest BCUT2D eigenvalue weighted by atomic mass is 9.94. The summed E-state index contributed by atoms with van der Waals surface area (Å²) < 4.78 is 47.8. The van der Waals surface area contributed by atoms with Gasteiger partial charge >= 0.3 is 0 Å². The summed E-state index contributed by atoms with van der Waals surface area (Å²) in [6.07, 6.45) is 4.43. The Bertz CT molecular complexity index is 1240. The van der Waals surface area contributed by atoms with Crippen molar-refractivity contribution in [2.24, 2.45) is 0 Å². The van der Waals surface area contributed by atoms with Gasteiger partial charge in [0, 0.05) is 46.1 Å². The first-order valence-electron chi connectivity index (χ1n) is 10.2. The van der Waals surface area contributed by atoms with Gasteiger partial charge in [0.1, 0.15) is 23.9 Å². The fourth-order valence-corrected chi connectivity index (χ4v) is 4.41. The molecule has 0 radical (unpaired) electrons. The summed E-state index contributed by atoms with van der Waals surface area (Å²) in [4.78, 5) is 13.0. The highest BCUT2D eigenvalue weighted by Crippen LogP contribution is 2.36. The van der Waals surface area contributed by atoms with Gasteiger partial charge in [0.05, 0.1) is 5.52 Å². The Morgan fingerprint density at radius 1 is 1.22 bits per heavy atom. The van der Waals surface area contributed by atoms with Gasteiger partial charge in [0.25, 0.3) is 0 Å². The van der Waals surface area contributed by atoms with Crippen LogP contribution in [0.1, 0.15) is 31.2 Å². The van der Waals surface area contributed by atoms with Crippen LogP contribution < -0.4 is 14.8 Å². The standard InChI is InChI=1S/C22H25F2N5O2S/c1-14-11-15(29-32(2,3)30)12-18-19(14)20(27-13-26-18)28-17-5-4-10-25-21(17)31-16-6-8-22(23,24)9-7-16/h4-5,10-13,16H,2,6-9H2,1,3H3,(H,29,30)(H,26,27,28). The van der Waals surface area contributed by atoms with Gasteiger partial charge in [-0.1, -0.05) is 0 Å². The van der Waals surface area contributed by atoms with Crippen molar-refractivity contribution < 1.29 is 17.7 Å². The number of fused-ring (bicyclic) bond motifs is 1. The van der Waals surface area contributed by atoms with E-state index in [1.54, 1.807) is 24.4 Å². The maximum atomic E-state index is 13.5. The van der Waals surface area contributed by atoms with Crippen molar-refractivity contribution in [1.82, 2.24) is 15.0 Å². The SMILES string of the molecule is C=S(C)(=O)Nc1cc(C)c2c(Nc3cccnc3OC3CCC(F)(F)CC3)ncnc2c1. The molecule has 0 amide bonds. The summed E-state index contributed by atoms with van der Waals surface area (Å²) in [5, 5.41) is 4.04. The van der Waals surface area contributed by atoms with Gasteiger partial charge in [0.2, 0.25) is 11.8 Å². The molecule has 2 heterocycles. The molecular formula is C22H25F2N5O2S. The Balaban J connectivity index is 1.61. The molecule has 1 aliphatic carbocycles. The minimum atomic E-state index is -2.62. The van der Waals surface area contributed by atoms with Gasteiger partial charge in [-0.2, -0.15) is 0 Å². The van der Waals surface area contributed by atoms with E-state index in [1.807, 2.05) is 13.0 Å². The lowest BCUT2D eigenvalue weighted by Gasteiger charge is -2.28. The first kappa shape index (κ1) is 22.2. The maximum absolute atomic E-state index is 13.5. The van der Waals surface area contributed by atoms with Crippen LogP contribution in [0.4, 0.5) is 26.0 Å². The number of aryl methyl sites for hydroxylation is 1. The van der Waals surface area contributed by atoms with Crippen LogP contribution in [0, 0.1) is 6.92 Å². The Kier molecular flexibility index (Phi) is 5.89. The molecule has 0 aliphatic heterocycles. The van der Waals surface area contributed by atoms with Gasteiger partial charge < -0.3 is 14.8 Å². The van der Waals surface area contributed by atoms with E-state index in [1.165, 1.54) is 12.6 Å². The van der Waals surface area contributed by atoms with E-state index in [0.29, 0.717) is 28.6 Å². The second-order valence-corrected chi connectivity index (χ2v) is 10.4. The average Bonchev–Trinajstić information content (AvgIpc) is 2.69. The van der Waals surface area contributed by atoms with Crippen LogP contribution >= 0.6 is 0 Å². The number of anilines is 3. The summed E-state index contributed by atoms with van der Waals surface area (Å²) in [5.74, 6) is 1.90. The van der Waals surface area contributed by atoms with Crippen molar-refractivity contribution in [3.8, 4) is 5.88 Å². The highest BCUT2D eigenvalue weighted by Gasteiger charge is 2.36. The van der Waals surface area contributed by atoms with Gasteiger partial charge in [0.15, 0.2) is 0 Å². The van der Waals surface area contributed by atoms with Gasteiger partial charge in [-0.15, -0.1) is 0 Å². The van der Waals surface area contributed by atoms with Gasteiger partial charge in [-0.25, -0.2) is 27.9 Å². The van der Waals surface area contributed by atoms with Crippen LogP contribution in [-0.2, 0) is 9.71 Å². The van der Waals surface area contributed by atoms with Gasteiger partial charge in [-0.05, 0) is 55.5 Å². The fraction of sp³-hybridized carbons (Fsp3) is 0.364. The number of hydrogen-bond donors (Lipinski definition) is 2. The molecule has 1 atom stereocenters. The molecule has 1 fully saturated rings. The first-order valence-corrected chi connectivity index (χ1v) is 12.3. The molecule has 10 heteroatoms. The molecule has 4 rings (SSSR count). The lowest BCUT2D eigenvalue weighted by molar-refractivity contribution is -0.0587. The van der Waals surface area contributed by atoms with Crippen molar-refractivity contribution in [3.63, 3.8) is 0 Å². The van der Waals surface area contributed by atoms with Crippen molar-refractivity contribution in [2.75, 3.05) is 16.3 Å². The number of hydrogen-bond acceptors (Lipinski definition) is 6. The lowest BCUT2D eigenvalue weighted by Crippen LogP contribution is -2.31. The first-order chi connectivity index (χ1) is 15.1. The van der Waals surface area contributed by atoms with E-state index in [9.17, 15) is 13.0 Å². The predicted molar refractivity (Wildman–Crippen MR) is 124 cm³/mol.